The van der Waals surface area contributed by atoms with E-state index in [9.17, 15) is 4.79 Å². The molecular formula is C21H23N3OS. The van der Waals surface area contributed by atoms with E-state index in [0.717, 1.165) is 17.9 Å². The number of hydrogen-bond acceptors (Lipinski definition) is 3. The molecule has 3 rings (SSSR count). The van der Waals surface area contributed by atoms with E-state index in [2.05, 4.69) is 65.8 Å². The van der Waals surface area contributed by atoms with Crippen LogP contribution in [0.1, 0.15) is 22.3 Å². The number of imidazole rings is 1. The summed E-state index contributed by atoms with van der Waals surface area (Å²) in [6, 6.07) is 16.7. The number of carbonyl (C=O) groups excluding carboxylic acids is 1. The lowest BCUT2D eigenvalue weighted by molar-refractivity contribution is -0.118. The van der Waals surface area contributed by atoms with Gasteiger partial charge in [0.05, 0.1) is 12.1 Å². The van der Waals surface area contributed by atoms with E-state index in [0.29, 0.717) is 12.3 Å². The van der Waals surface area contributed by atoms with Crippen LogP contribution in [0.4, 0.5) is 0 Å². The Morgan fingerprint density at radius 1 is 1.04 bits per heavy atom. The van der Waals surface area contributed by atoms with Crippen molar-refractivity contribution in [3.63, 3.8) is 0 Å². The maximum Gasteiger partial charge on any atom is 0.230 e. The predicted octanol–water partition coefficient (Wildman–Crippen LogP) is 3.79. The first-order valence-corrected chi connectivity index (χ1v) is 9.78. The van der Waals surface area contributed by atoms with Crippen molar-refractivity contribution < 1.29 is 4.79 Å². The van der Waals surface area contributed by atoms with Crippen LogP contribution in [0, 0.1) is 6.92 Å². The summed E-state index contributed by atoms with van der Waals surface area (Å²) in [4.78, 5) is 16.0. The molecule has 0 aliphatic heterocycles. The van der Waals surface area contributed by atoms with E-state index in [-0.39, 0.29) is 5.91 Å². The van der Waals surface area contributed by atoms with Crippen LogP contribution in [0.5, 0.6) is 0 Å². The molecule has 5 heteroatoms. The van der Waals surface area contributed by atoms with Crippen LogP contribution in [-0.2, 0) is 23.6 Å². The zero-order valence-corrected chi connectivity index (χ0v) is 15.7. The molecule has 0 aliphatic carbocycles. The monoisotopic (exact) mass is 365 g/mol. The van der Waals surface area contributed by atoms with Crippen LogP contribution in [0.2, 0.25) is 0 Å². The highest BCUT2D eigenvalue weighted by Gasteiger charge is 2.03. The molecule has 1 amide bonds. The molecule has 0 fully saturated rings. The van der Waals surface area contributed by atoms with Crippen LogP contribution >= 0.6 is 11.8 Å². The van der Waals surface area contributed by atoms with Crippen molar-refractivity contribution in [1.82, 2.24) is 14.9 Å². The Kier molecular flexibility index (Phi) is 6.50. The van der Waals surface area contributed by atoms with E-state index < -0.39 is 0 Å². The zero-order valence-electron chi connectivity index (χ0n) is 14.9. The predicted molar refractivity (Wildman–Crippen MR) is 107 cm³/mol. The highest BCUT2D eigenvalue weighted by atomic mass is 32.2. The van der Waals surface area contributed by atoms with Gasteiger partial charge in [-0.1, -0.05) is 54.1 Å². The number of hydrogen-bond donors (Lipinski definition) is 1. The van der Waals surface area contributed by atoms with Gasteiger partial charge in [-0.05, 0) is 23.6 Å². The summed E-state index contributed by atoms with van der Waals surface area (Å²) in [6.45, 7) is 3.45. The third-order valence-corrected chi connectivity index (χ3v) is 5.06. The zero-order chi connectivity index (χ0) is 18.2. The van der Waals surface area contributed by atoms with E-state index in [4.69, 9.17) is 0 Å². The molecule has 0 saturated carbocycles. The van der Waals surface area contributed by atoms with Crippen molar-refractivity contribution in [3.05, 3.63) is 89.5 Å². The molecule has 0 aliphatic rings. The Morgan fingerprint density at radius 3 is 2.42 bits per heavy atom. The van der Waals surface area contributed by atoms with Gasteiger partial charge >= 0.3 is 0 Å². The number of rotatable bonds is 8. The third kappa shape index (κ3) is 5.77. The summed E-state index contributed by atoms with van der Waals surface area (Å²) in [7, 11) is 0. The number of thioether (sulfide) groups is 1. The normalized spacial score (nSPS) is 10.7. The van der Waals surface area contributed by atoms with Gasteiger partial charge in [0, 0.05) is 31.2 Å². The van der Waals surface area contributed by atoms with Gasteiger partial charge in [-0.15, -0.1) is 11.8 Å². The molecule has 0 unspecified atom stereocenters. The molecule has 1 aromatic heterocycles. The molecule has 3 aromatic rings. The topological polar surface area (TPSA) is 46.9 Å². The first kappa shape index (κ1) is 18.3. The Morgan fingerprint density at radius 2 is 1.73 bits per heavy atom. The third-order valence-electron chi connectivity index (χ3n) is 4.06. The summed E-state index contributed by atoms with van der Waals surface area (Å²) in [5.41, 5.74) is 4.83. The van der Waals surface area contributed by atoms with Crippen LogP contribution in [0.15, 0.2) is 67.3 Å². The minimum Gasteiger partial charge on any atom is -0.351 e. The number of carbonyl (C=O) groups is 1. The van der Waals surface area contributed by atoms with Gasteiger partial charge in [0.1, 0.15) is 0 Å². The van der Waals surface area contributed by atoms with Crippen LogP contribution in [0.3, 0.4) is 0 Å². The number of aromatic nitrogens is 2. The number of nitrogens with one attached hydrogen (secondary N) is 1. The highest BCUT2D eigenvalue weighted by Crippen LogP contribution is 2.13. The lowest BCUT2D eigenvalue weighted by Crippen LogP contribution is -2.24. The van der Waals surface area contributed by atoms with Crippen molar-refractivity contribution in [3.8, 4) is 0 Å². The van der Waals surface area contributed by atoms with Gasteiger partial charge in [0.25, 0.3) is 0 Å². The molecule has 2 aromatic carbocycles. The maximum atomic E-state index is 12.0. The quantitative estimate of drug-likeness (QED) is 0.661. The average Bonchev–Trinajstić information content (AvgIpc) is 3.16. The highest BCUT2D eigenvalue weighted by molar-refractivity contribution is 7.99. The first-order chi connectivity index (χ1) is 12.7. The molecular weight excluding hydrogens is 342 g/mol. The molecule has 26 heavy (non-hydrogen) atoms. The van der Waals surface area contributed by atoms with Crippen molar-refractivity contribution in [2.45, 2.75) is 25.8 Å². The molecule has 0 radical (unpaired) electrons. The second kappa shape index (κ2) is 9.25. The van der Waals surface area contributed by atoms with Gasteiger partial charge in [-0.2, -0.15) is 0 Å². The van der Waals surface area contributed by atoms with E-state index in [1.807, 2.05) is 17.1 Å². The van der Waals surface area contributed by atoms with Gasteiger partial charge in [-0.25, -0.2) is 4.98 Å². The van der Waals surface area contributed by atoms with Gasteiger partial charge < -0.3 is 9.88 Å². The Bertz CT molecular complexity index is 811. The number of benzene rings is 2. The fourth-order valence-electron chi connectivity index (χ4n) is 2.55. The Labute approximate surface area is 158 Å². The maximum absolute atomic E-state index is 12.0. The van der Waals surface area contributed by atoms with Crippen LogP contribution in [-0.4, -0.2) is 21.2 Å². The number of aryl methyl sites for hydroxylation is 1. The summed E-state index contributed by atoms with van der Waals surface area (Å²) in [5, 5.41) is 2.98. The molecule has 1 heterocycles. The van der Waals surface area contributed by atoms with Crippen molar-refractivity contribution in [1.29, 1.82) is 0 Å². The molecule has 134 valence electrons. The average molecular weight is 366 g/mol. The van der Waals surface area contributed by atoms with E-state index >= 15 is 0 Å². The standard InChI is InChI=1S/C21H23N3OS/c1-17-2-4-20(5-3-17)14-26-15-21(25)23-12-18-6-8-19(9-7-18)13-24-11-10-22-16-24/h2-11,16H,12-15H2,1H3,(H,23,25). The lowest BCUT2D eigenvalue weighted by atomic mass is 10.1. The van der Waals surface area contributed by atoms with Crippen molar-refractivity contribution in [2.24, 2.45) is 0 Å². The molecule has 1 N–H and O–H groups in total. The molecule has 0 bridgehead atoms. The number of amides is 1. The van der Waals surface area contributed by atoms with Crippen molar-refractivity contribution in [2.75, 3.05) is 5.75 Å². The first-order valence-electron chi connectivity index (χ1n) is 8.62. The van der Waals surface area contributed by atoms with Crippen LogP contribution < -0.4 is 5.32 Å². The Balaban J connectivity index is 1.37. The van der Waals surface area contributed by atoms with Crippen molar-refractivity contribution >= 4 is 17.7 Å². The van der Waals surface area contributed by atoms with Gasteiger partial charge in [0.15, 0.2) is 0 Å². The largest absolute Gasteiger partial charge is 0.351 e. The summed E-state index contributed by atoms with van der Waals surface area (Å²) in [6.07, 6.45) is 5.53. The van der Waals surface area contributed by atoms with E-state index in [1.165, 1.54) is 16.7 Å². The molecule has 0 saturated heterocycles. The Hall–Kier alpha value is -2.53. The SMILES string of the molecule is Cc1ccc(CSCC(=O)NCc2ccc(Cn3ccnc3)cc2)cc1. The summed E-state index contributed by atoms with van der Waals surface area (Å²) < 4.78 is 2.03. The van der Waals surface area contributed by atoms with Crippen LogP contribution in [0.25, 0.3) is 0 Å². The molecule has 0 spiro atoms. The smallest absolute Gasteiger partial charge is 0.230 e. The minimum atomic E-state index is 0.0737. The summed E-state index contributed by atoms with van der Waals surface area (Å²) in [5.74, 6) is 1.41. The number of nitrogens with zero attached hydrogens (tertiary/aromatic N) is 2. The van der Waals surface area contributed by atoms with E-state index in [1.54, 1.807) is 18.0 Å². The second-order valence-electron chi connectivity index (χ2n) is 6.31. The molecule has 4 nitrogen and oxygen atoms in total. The lowest BCUT2D eigenvalue weighted by Gasteiger charge is -2.07. The fraction of sp³-hybridized carbons (Fsp3) is 0.238. The van der Waals surface area contributed by atoms with Gasteiger partial charge in [0.2, 0.25) is 5.91 Å². The molecule has 0 atom stereocenters. The second-order valence-corrected chi connectivity index (χ2v) is 7.29. The van der Waals surface area contributed by atoms with Gasteiger partial charge in [-0.3, -0.25) is 4.79 Å². The summed E-state index contributed by atoms with van der Waals surface area (Å²) >= 11 is 1.64. The fourth-order valence-corrected chi connectivity index (χ4v) is 3.37. The minimum absolute atomic E-state index is 0.0737.